The first kappa shape index (κ1) is 12.0. The summed E-state index contributed by atoms with van der Waals surface area (Å²) in [5.74, 6) is 3.15. The molecule has 1 aliphatic rings. The molecule has 1 N–H and O–H groups in total. The Bertz CT molecular complexity index is 595. The maximum atomic E-state index is 5.36. The first-order chi connectivity index (χ1) is 9.40. The van der Waals surface area contributed by atoms with Crippen molar-refractivity contribution in [1.82, 2.24) is 5.32 Å². The Hall–Kier alpha value is -2.04. The highest BCUT2D eigenvalue weighted by atomic mass is 14.9. The third kappa shape index (κ3) is 2.28. The van der Waals surface area contributed by atoms with Crippen LogP contribution >= 0.6 is 0 Å². The topological polar surface area (TPSA) is 12.0 Å². The Morgan fingerprint density at radius 1 is 1.00 bits per heavy atom. The lowest BCUT2D eigenvalue weighted by Crippen LogP contribution is -2.19. The van der Waals surface area contributed by atoms with Gasteiger partial charge in [-0.05, 0) is 23.1 Å². The quantitative estimate of drug-likeness (QED) is 0.819. The molecule has 0 amide bonds. The number of benzene rings is 2. The molecule has 1 aliphatic carbocycles. The smallest absolute Gasteiger partial charge is 0.0578 e. The molecule has 2 aromatic carbocycles. The van der Waals surface area contributed by atoms with E-state index in [0.29, 0.717) is 18.5 Å². The summed E-state index contributed by atoms with van der Waals surface area (Å²) in [6.45, 7) is 0.626. The van der Waals surface area contributed by atoms with Gasteiger partial charge in [-0.2, -0.15) is 0 Å². The first-order valence-electron chi connectivity index (χ1n) is 6.71. The highest BCUT2D eigenvalue weighted by molar-refractivity contribution is 5.44. The van der Waals surface area contributed by atoms with Crippen LogP contribution in [0.25, 0.3) is 0 Å². The zero-order chi connectivity index (χ0) is 13.1. The second-order valence-electron chi connectivity index (χ2n) is 4.97. The van der Waals surface area contributed by atoms with Gasteiger partial charge in [0.1, 0.15) is 0 Å². The normalized spacial score (nSPS) is 20.8. The van der Waals surface area contributed by atoms with E-state index in [1.807, 2.05) is 0 Å². The predicted molar refractivity (Wildman–Crippen MR) is 78.9 cm³/mol. The van der Waals surface area contributed by atoms with Gasteiger partial charge in [-0.3, -0.25) is 5.32 Å². The lowest BCUT2D eigenvalue weighted by molar-refractivity contribution is 0.546. The molecule has 1 heteroatoms. The number of fused-ring (bicyclic) bond motifs is 1. The maximum absolute atomic E-state index is 5.36. The van der Waals surface area contributed by atoms with Crippen LogP contribution in [0, 0.1) is 12.3 Å². The minimum absolute atomic E-state index is 0.373. The van der Waals surface area contributed by atoms with Crippen molar-refractivity contribution in [3.8, 4) is 12.3 Å². The van der Waals surface area contributed by atoms with Gasteiger partial charge in [0.2, 0.25) is 0 Å². The maximum Gasteiger partial charge on any atom is 0.0578 e. The molecule has 0 saturated heterocycles. The second kappa shape index (κ2) is 5.30. The van der Waals surface area contributed by atoms with E-state index in [1.165, 1.54) is 16.7 Å². The molecule has 2 aromatic rings. The molecule has 0 bridgehead atoms. The Kier molecular flexibility index (Phi) is 3.35. The summed E-state index contributed by atoms with van der Waals surface area (Å²) in [5.41, 5.74) is 4.22. The van der Waals surface area contributed by atoms with Crippen LogP contribution in [0.1, 0.15) is 35.1 Å². The predicted octanol–water partition coefficient (Wildman–Crippen LogP) is 3.49. The lowest BCUT2D eigenvalue weighted by Gasteiger charge is -2.13. The molecule has 2 unspecified atom stereocenters. The molecule has 0 fully saturated rings. The van der Waals surface area contributed by atoms with Crippen LogP contribution in [0.3, 0.4) is 0 Å². The molecule has 0 saturated carbocycles. The van der Waals surface area contributed by atoms with Crippen molar-refractivity contribution >= 4 is 0 Å². The van der Waals surface area contributed by atoms with Crippen LogP contribution in [-0.2, 0) is 0 Å². The summed E-state index contributed by atoms with van der Waals surface area (Å²) in [4.78, 5) is 0. The number of hydrogen-bond donors (Lipinski definition) is 1. The van der Waals surface area contributed by atoms with Crippen LogP contribution in [0.4, 0.5) is 0 Å². The van der Waals surface area contributed by atoms with E-state index < -0.39 is 0 Å². The molecular weight excluding hydrogens is 230 g/mol. The average molecular weight is 247 g/mol. The van der Waals surface area contributed by atoms with Gasteiger partial charge in [-0.15, -0.1) is 6.42 Å². The Balaban J connectivity index is 1.95. The van der Waals surface area contributed by atoms with E-state index in [-0.39, 0.29) is 0 Å². The van der Waals surface area contributed by atoms with Crippen molar-refractivity contribution in [2.45, 2.75) is 18.4 Å². The van der Waals surface area contributed by atoms with Crippen molar-refractivity contribution < 1.29 is 0 Å². The fraction of sp³-hybridized carbons (Fsp3) is 0.222. The summed E-state index contributed by atoms with van der Waals surface area (Å²) < 4.78 is 0. The SMILES string of the molecule is C#CCNC1CC(c2ccccc2)c2ccccc21. The largest absolute Gasteiger partial charge is 0.299 e. The summed E-state index contributed by atoms with van der Waals surface area (Å²) in [7, 11) is 0. The van der Waals surface area contributed by atoms with Crippen LogP contribution in [0.5, 0.6) is 0 Å². The molecule has 1 nitrogen and oxygen atoms in total. The molecule has 0 aliphatic heterocycles. The number of terminal acetylenes is 1. The van der Waals surface area contributed by atoms with Gasteiger partial charge < -0.3 is 0 Å². The van der Waals surface area contributed by atoms with Gasteiger partial charge in [-0.1, -0.05) is 60.5 Å². The van der Waals surface area contributed by atoms with E-state index in [1.54, 1.807) is 0 Å². The minimum atomic E-state index is 0.373. The average Bonchev–Trinajstić information content (AvgIpc) is 2.85. The zero-order valence-electron chi connectivity index (χ0n) is 10.8. The fourth-order valence-electron chi connectivity index (χ4n) is 3.01. The highest BCUT2D eigenvalue weighted by Crippen LogP contribution is 2.43. The molecule has 0 radical (unpaired) electrons. The van der Waals surface area contributed by atoms with Gasteiger partial charge in [0.15, 0.2) is 0 Å². The fourth-order valence-corrected chi connectivity index (χ4v) is 3.01. The summed E-state index contributed by atoms with van der Waals surface area (Å²) in [6.07, 6.45) is 6.45. The summed E-state index contributed by atoms with van der Waals surface area (Å²) in [6, 6.07) is 19.8. The van der Waals surface area contributed by atoms with E-state index >= 15 is 0 Å². The monoisotopic (exact) mass is 247 g/mol. The minimum Gasteiger partial charge on any atom is -0.299 e. The molecule has 2 atom stereocenters. The Labute approximate surface area is 114 Å². The van der Waals surface area contributed by atoms with Crippen molar-refractivity contribution in [1.29, 1.82) is 0 Å². The van der Waals surface area contributed by atoms with Gasteiger partial charge >= 0.3 is 0 Å². The molecule has 19 heavy (non-hydrogen) atoms. The summed E-state index contributed by atoms with van der Waals surface area (Å²) >= 11 is 0. The lowest BCUT2D eigenvalue weighted by atomic mass is 9.93. The van der Waals surface area contributed by atoms with Gasteiger partial charge in [0.25, 0.3) is 0 Å². The van der Waals surface area contributed by atoms with Crippen molar-refractivity contribution in [3.05, 3.63) is 71.3 Å². The molecular formula is C18H17N. The molecule has 0 heterocycles. The van der Waals surface area contributed by atoms with Gasteiger partial charge in [-0.25, -0.2) is 0 Å². The molecule has 94 valence electrons. The highest BCUT2D eigenvalue weighted by Gasteiger charge is 2.30. The Morgan fingerprint density at radius 2 is 1.68 bits per heavy atom. The van der Waals surface area contributed by atoms with Crippen LogP contribution < -0.4 is 5.32 Å². The van der Waals surface area contributed by atoms with E-state index in [9.17, 15) is 0 Å². The standard InChI is InChI=1S/C18H17N/c1-2-12-19-18-13-17(14-8-4-3-5-9-14)15-10-6-7-11-16(15)18/h1,3-11,17-19H,12-13H2. The van der Waals surface area contributed by atoms with E-state index in [0.717, 1.165) is 6.42 Å². The second-order valence-corrected chi connectivity index (χ2v) is 4.97. The van der Waals surface area contributed by atoms with E-state index in [4.69, 9.17) is 6.42 Å². The van der Waals surface area contributed by atoms with Crippen molar-refractivity contribution in [2.75, 3.05) is 6.54 Å². The summed E-state index contributed by atoms with van der Waals surface area (Å²) in [5, 5.41) is 3.45. The van der Waals surface area contributed by atoms with Gasteiger partial charge in [0, 0.05) is 12.0 Å². The molecule has 3 rings (SSSR count). The third-order valence-electron chi connectivity index (χ3n) is 3.87. The number of nitrogens with one attached hydrogen (secondary N) is 1. The van der Waals surface area contributed by atoms with Gasteiger partial charge in [0.05, 0.1) is 6.54 Å². The van der Waals surface area contributed by atoms with Crippen LogP contribution in [-0.4, -0.2) is 6.54 Å². The molecule has 0 spiro atoms. The number of rotatable bonds is 3. The van der Waals surface area contributed by atoms with Crippen LogP contribution in [0.15, 0.2) is 54.6 Å². The van der Waals surface area contributed by atoms with E-state index in [2.05, 4.69) is 65.8 Å². The number of hydrogen-bond acceptors (Lipinski definition) is 1. The molecule has 0 aromatic heterocycles. The third-order valence-corrected chi connectivity index (χ3v) is 3.87. The Morgan fingerprint density at radius 3 is 2.42 bits per heavy atom. The van der Waals surface area contributed by atoms with Crippen LogP contribution in [0.2, 0.25) is 0 Å². The first-order valence-corrected chi connectivity index (χ1v) is 6.71. The zero-order valence-corrected chi connectivity index (χ0v) is 10.8. The van der Waals surface area contributed by atoms with Crippen molar-refractivity contribution in [2.24, 2.45) is 0 Å². The van der Waals surface area contributed by atoms with Crippen molar-refractivity contribution in [3.63, 3.8) is 0 Å².